The monoisotopic (exact) mass is 326 g/mol. The summed E-state index contributed by atoms with van der Waals surface area (Å²) >= 11 is 3.54. The summed E-state index contributed by atoms with van der Waals surface area (Å²) in [6.45, 7) is 7.75. The first-order chi connectivity index (χ1) is 9.01. The molecule has 2 unspecified atom stereocenters. The van der Waals surface area contributed by atoms with Crippen LogP contribution in [0.2, 0.25) is 0 Å². The second-order valence-corrected chi connectivity index (χ2v) is 6.43. The Kier molecular flexibility index (Phi) is 4.87. The summed E-state index contributed by atoms with van der Waals surface area (Å²) < 4.78 is 6.57. The van der Waals surface area contributed by atoms with Gasteiger partial charge in [0.2, 0.25) is 0 Å². The van der Waals surface area contributed by atoms with E-state index in [9.17, 15) is 0 Å². The van der Waals surface area contributed by atoms with Crippen molar-refractivity contribution >= 4 is 15.9 Å². The average Bonchev–Trinajstić information content (AvgIpc) is 2.36. The highest BCUT2D eigenvalue weighted by molar-refractivity contribution is 9.10. The summed E-state index contributed by atoms with van der Waals surface area (Å²) in [5, 5.41) is 0. The average molecular weight is 327 g/mol. The fourth-order valence-electron chi connectivity index (χ4n) is 2.75. The molecule has 0 spiro atoms. The van der Waals surface area contributed by atoms with Gasteiger partial charge in [-0.05, 0) is 39.1 Å². The minimum atomic E-state index is 0.599. The zero-order valence-electron chi connectivity index (χ0n) is 12.2. The SMILES string of the molecule is COc1ccc(Br)cc1CN1CC(C)N(C)C(C)C1. The molecule has 0 aromatic heterocycles. The number of rotatable bonds is 3. The molecule has 1 aliphatic heterocycles. The summed E-state index contributed by atoms with van der Waals surface area (Å²) in [4.78, 5) is 4.97. The molecule has 1 aromatic rings. The van der Waals surface area contributed by atoms with Crippen molar-refractivity contribution in [3.05, 3.63) is 28.2 Å². The Hall–Kier alpha value is -0.580. The fraction of sp³-hybridized carbons (Fsp3) is 0.600. The van der Waals surface area contributed by atoms with E-state index in [4.69, 9.17) is 4.74 Å². The van der Waals surface area contributed by atoms with Gasteiger partial charge in [0.25, 0.3) is 0 Å². The molecular weight excluding hydrogens is 304 g/mol. The maximum atomic E-state index is 5.46. The van der Waals surface area contributed by atoms with Crippen LogP contribution in [0.5, 0.6) is 5.75 Å². The summed E-state index contributed by atoms with van der Waals surface area (Å²) in [7, 11) is 3.95. The molecule has 1 heterocycles. The number of halogens is 1. The van der Waals surface area contributed by atoms with Crippen LogP contribution in [0.25, 0.3) is 0 Å². The molecule has 0 N–H and O–H groups in total. The molecule has 1 aliphatic rings. The van der Waals surface area contributed by atoms with Crippen LogP contribution in [0, 0.1) is 0 Å². The molecule has 0 radical (unpaired) electrons. The van der Waals surface area contributed by atoms with E-state index in [1.54, 1.807) is 7.11 Å². The molecule has 1 fully saturated rings. The molecule has 1 saturated heterocycles. The first kappa shape index (κ1) is 14.8. The maximum Gasteiger partial charge on any atom is 0.123 e. The lowest BCUT2D eigenvalue weighted by atomic mass is 10.1. The molecule has 1 aromatic carbocycles. The van der Waals surface area contributed by atoms with Crippen molar-refractivity contribution in [1.29, 1.82) is 0 Å². The lowest BCUT2D eigenvalue weighted by molar-refractivity contribution is 0.0552. The number of likely N-dealkylation sites (N-methyl/N-ethyl adjacent to an activating group) is 1. The van der Waals surface area contributed by atoms with Gasteiger partial charge in [0, 0.05) is 41.8 Å². The third kappa shape index (κ3) is 3.50. The van der Waals surface area contributed by atoms with E-state index in [0.717, 1.165) is 29.9 Å². The van der Waals surface area contributed by atoms with Crippen molar-refractivity contribution in [2.75, 3.05) is 27.2 Å². The van der Waals surface area contributed by atoms with Crippen LogP contribution < -0.4 is 4.74 Å². The summed E-state index contributed by atoms with van der Waals surface area (Å²) in [6, 6.07) is 7.41. The van der Waals surface area contributed by atoms with E-state index >= 15 is 0 Å². The highest BCUT2D eigenvalue weighted by Crippen LogP contribution is 2.25. The number of ether oxygens (including phenoxy) is 1. The smallest absolute Gasteiger partial charge is 0.123 e. The summed E-state index contributed by atoms with van der Waals surface area (Å²) in [6.07, 6.45) is 0. The topological polar surface area (TPSA) is 15.7 Å². The second kappa shape index (κ2) is 6.25. The van der Waals surface area contributed by atoms with Crippen LogP contribution >= 0.6 is 15.9 Å². The van der Waals surface area contributed by atoms with Gasteiger partial charge in [-0.2, -0.15) is 0 Å². The standard InChI is InChI=1S/C15H23BrN2O/c1-11-8-18(9-12(2)17(11)3)10-13-7-14(16)5-6-15(13)19-4/h5-7,11-12H,8-10H2,1-4H3. The van der Waals surface area contributed by atoms with Gasteiger partial charge in [-0.25, -0.2) is 0 Å². The Morgan fingerprint density at radius 3 is 2.47 bits per heavy atom. The first-order valence-electron chi connectivity index (χ1n) is 6.78. The Morgan fingerprint density at radius 2 is 1.89 bits per heavy atom. The van der Waals surface area contributed by atoms with Gasteiger partial charge in [-0.1, -0.05) is 15.9 Å². The molecule has 0 aliphatic carbocycles. The highest BCUT2D eigenvalue weighted by Gasteiger charge is 2.26. The molecule has 2 rings (SSSR count). The Bertz CT molecular complexity index is 426. The van der Waals surface area contributed by atoms with Crippen molar-refractivity contribution in [2.24, 2.45) is 0 Å². The normalized spacial score (nSPS) is 25.5. The zero-order chi connectivity index (χ0) is 14.0. The molecule has 0 bridgehead atoms. The predicted octanol–water partition coefficient (Wildman–Crippen LogP) is 2.98. The summed E-state index contributed by atoms with van der Waals surface area (Å²) in [5.74, 6) is 0.974. The van der Waals surface area contributed by atoms with Crippen molar-refractivity contribution < 1.29 is 4.74 Å². The highest BCUT2D eigenvalue weighted by atomic mass is 79.9. The molecule has 106 valence electrons. The van der Waals surface area contributed by atoms with E-state index in [2.05, 4.69) is 52.7 Å². The third-order valence-corrected chi connectivity index (χ3v) is 4.57. The maximum absolute atomic E-state index is 5.46. The number of piperazine rings is 1. The molecule has 4 heteroatoms. The van der Waals surface area contributed by atoms with Crippen molar-refractivity contribution in [3.63, 3.8) is 0 Å². The van der Waals surface area contributed by atoms with Crippen LogP contribution in [0.4, 0.5) is 0 Å². The van der Waals surface area contributed by atoms with E-state index in [1.807, 2.05) is 12.1 Å². The minimum Gasteiger partial charge on any atom is -0.496 e. The van der Waals surface area contributed by atoms with Gasteiger partial charge in [-0.15, -0.1) is 0 Å². The lowest BCUT2D eigenvalue weighted by Gasteiger charge is -2.42. The van der Waals surface area contributed by atoms with Crippen LogP contribution in [-0.2, 0) is 6.54 Å². The van der Waals surface area contributed by atoms with Crippen molar-refractivity contribution in [2.45, 2.75) is 32.5 Å². The molecular formula is C15H23BrN2O. The van der Waals surface area contributed by atoms with Crippen molar-refractivity contribution in [3.8, 4) is 5.75 Å². The second-order valence-electron chi connectivity index (χ2n) is 5.51. The van der Waals surface area contributed by atoms with Crippen LogP contribution in [0.15, 0.2) is 22.7 Å². The van der Waals surface area contributed by atoms with Gasteiger partial charge in [0.05, 0.1) is 7.11 Å². The number of nitrogens with zero attached hydrogens (tertiary/aromatic N) is 2. The third-order valence-electron chi connectivity index (χ3n) is 4.07. The quantitative estimate of drug-likeness (QED) is 0.849. The van der Waals surface area contributed by atoms with Gasteiger partial charge < -0.3 is 4.74 Å². The molecule has 3 nitrogen and oxygen atoms in total. The molecule has 0 saturated carbocycles. The molecule has 19 heavy (non-hydrogen) atoms. The van der Waals surface area contributed by atoms with Gasteiger partial charge in [-0.3, -0.25) is 9.80 Å². The largest absolute Gasteiger partial charge is 0.496 e. The van der Waals surface area contributed by atoms with Crippen molar-refractivity contribution in [1.82, 2.24) is 9.80 Å². The van der Waals surface area contributed by atoms with E-state index in [0.29, 0.717) is 12.1 Å². The Balaban J connectivity index is 2.11. The van der Waals surface area contributed by atoms with E-state index < -0.39 is 0 Å². The summed E-state index contributed by atoms with van der Waals surface area (Å²) in [5.41, 5.74) is 1.25. The number of hydrogen-bond donors (Lipinski definition) is 0. The minimum absolute atomic E-state index is 0.599. The molecule has 0 amide bonds. The molecule has 2 atom stereocenters. The Labute approximate surface area is 124 Å². The van der Waals surface area contributed by atoms with Crippen LogP contribution in [0.1, 0.15) is 19.4 Å². The predicted molar refractivity (Wildman–Crippen MR) is 82.7 cm³/mol. The first-order valence-corrected chi connectivity index (χ1v) is 7.57. The van der Waals surface area contributed by atoms with Crippen LogP contribution in [0.3, 0.4) is 0 Å². The van der Waals surface area contributed by atoms with Crippen LogP contribution in [-0.4, -0.2) is 49.1 Å². The van der Waals surface area contributed by atoms with Gasteiger partial charge in [0.1, 0.15) is 5.75 Å². The number of methoxy groups -OCH3 is 1. The van der Waals surface area contributed by atoms with Gasteiger partial charge >= 0.3 is 0 Å². The number of benzene rings is 1. The van der Waals surface area contributed by atoms with Gasteiger partial charge in [0.15, 0.2) is 0 Å². The van der Waals surface area contributed by atoms with E-state index in [1.165, 1.54) is 5.56 Å². The fourth-order valence-corrected chi connectivity index (χ4v) is 3.16. The zero-order valence-corrected chi connectivity index (χ0v) is 13.8. The Morgan fingerprint density at radius 1 is 1.26 bits per heavy atom. The number of hydrogen-bond acceptors (Lipinski definition) is 3. The van der Waals surface area contributed by atoms with E-state index in [-0.39, 0.29) is 0 Å². The lowest BCUT2D eigenvalue weighted by Crippen LogP contribution is -2.54.